The summed E-state index contributed by atoms with van der Waals surface area (Å²) in [6.45, 7) is 4.07. The van der Waals surface area contributed by atoms with Crippen LogP contribution < -0.4 is 10.1 Å². The van der Waals surface area contributed by atoms with Crippen molar-refractivity contribution < 1.29 is 4.74 Å². The van der Waals surface area contributed by atoms with Gasteiger partial charge in [-0.3, -0.25) is 5.32 Å². The number of nitrogens with one attached hydrogen (secondary N) is 1. The molecule has 1 N–H and O–H groups in total. The van der Waals surface area contributed by atoms with Crippen LogP contribution in [0.3, 0.4) is 0 Å². The highest BCUT2D eigenvalue weighted by atomic mass is 16.5. The van der Waals surface area contributed by atoms with Gasteiger partial charge in [0.1, 0.15) is 5.75 Å². The average Bonchev–Trinajstić information content (AvgIpc) is 2.29. The quantitative estimate of drug-likeness (QED) is 0.758. The van der Waals surface area contributed by atoms with Crippen molar-refractivity contribution in [2.24, 2.45) is 0 Å². The predicted octanol–water partition coefficient (Wildman–Crippen LogP) is 2.37. The van der Waals surface area contributed by atoms with E-state index in [2.05, 4.69) is 18.2 Å². The molecular formula is C13H17NO. The van der Waals surface area contributed by atoms with Crippen molar-refractivity contribution >= 4 is 0 Å². The molecule has 1 aromatic carbocycles. The van der Waals surface area contributed by atoms with Gasteiger partial charge in [0.25, 0.3) is 0 Å². The number of rotatable bonds is 4. The molecule has 0 aliphatic carbocycles. The average molecular weight is 203 g/mol. The molecule has 0 saturated heterocycles. The molecule has 2 unspecified atom stereocenters. The Kier molecular flexibility index (Phi) is 4.20. The molecule has 15 heavy (non-hydrogen) atoms. The second-order valence-electron chi connectivity index (χ2n) is 3.55. The molecule has 0 saturated carbocycles. The Balaban J connectivity index is 2.66. The minimum absolute atomic E-state index is 0.0853. The Morgan fingerprint density at radius 3 is 2.33 bits per heavy atom. The van der Waals surface area contributed by atoms with E-state index in [0.29, 0.717) is 0 Å². The summed E-state index contributed by atoms with van der Waals surface area (Å²) < 4.78 is 5.10. The van der Waals surface area contributed by atoms with Crippen molar-refractivity contribution in [3.05, 3.63) is 29.8 Å². The molecule has 2 nitrogen and oxygen atoms in total. The van der Waals surface area contributed by atoms with Crippen LogP contribution in [-0.4, -0.2) is 13.2 Å². The van der Waals surface area contributed by atoms with Gasteiger partial charge in [0.2, 0.25) is 0 Å². The maximum atomic E-state index is 5.31. The first kappa shape index (κ1) is 11.6. The van der Waals surface area contributed by atoms with Gasteiger partial charge in [-0.15, -0.1) is 6.42 Å². The summed E-state index contributed by atoms with van der Waals surface area (Å²) >= 11 is 0. The third-order valence-electron chi connectivity index (χ3n) is 2.37. The summed E-state index contributed by atoms with van der Waals surface area (Å²) in [6, 6.07) is 8.32. The maximum Gasteiger partial charge on any atom is 0.118 e. The van der Waals surface area contributed by atoms with Crippen LogP contribution in [0.5, 0.6) is 5.75 Å². The van der Waals surface area contributed by atoms with Gasteiger partial charge in [-0.1, -0.05) is 18.1 Å². The van der Waals surface area contributed by atoms with Crippen molar-refractivity contribution in [3.63, 3.8) is 0 Å². The molecule has 0 heterocycles. The lowest BCUT2D eigenvalue weighted by Crippen LogP contribution is -2.27. The van der Waals surface area contributed by atoms with E-state index in [1.165, 1.54) is 5.56 Å². The summed E-state index contributed by atoms with van der Waals surface area (Å²) in [5, 5.41) is 3.31. The summed E-state index contributed by atoms with van der Waals surface area (Å²) in [5.41, 5.74) is 1.21. The molecule has 0 aliphatic rings. The standard InChI is InChI=1S/C13H17NO/c1-5-10(2)14-11(3)12-6-8-13(15-4)9-7-12/h1,6-11,14H,2-4H3. The van der Waals surface area contributed by atoms with Gasteiger partial charge in [-0.2, -0.15) is 0 Å². The van der Waals surface area contributed by atoms with Crippen LogP contribution in [0.1, 0.15) is 25.5 Å². The van der Waals surface area contributed by atoms with E-state index in [4.69, 9.17) is 11.2 Å². The van der Waals surface area contributed by atoms with E-state index < -0.39 is 0 Å². The second-order valence-corrected chi connectivity index (χ2v) is 3.55. The van der Waals surface area contributed by atoms with Gasteiger partial charge in [0.15, 0.2) is 0 Å². The molecule has 80 valence electrons. The number of methoxy groups -OCH3 is 1. The Labute approximate surface area is 91.6 Å². The largest absolute Gasteiger partial charge is 0.497 e. The van der Waals surface area contributed by atoms with E-state index in [1.807, 2.05) is 31.2 Å². The van der Waals surface area contributed by atoms with E-state index >= 15 is 0 Å². The normalized spacial score (nSPS) is 14.0. The topological polar surface area (TPSA) is 21.3 Å². The molecule has 0 fully saturated rings. The Hall–Kier alpha value is -1.46. The number of ether oxygens (including phenoxy) is 1. The molecule has 2 heteroatoms. The first-order valence-electron chi connectivity index (χ1n) is 5.03. The van der Waals surface area contributed by atoms with E-state index in [1.54, 1.807) is 7.11 Å². The highest BCUT2D eigenvalue weighted by molar-refractivity contribution is 5.29. The van der Waals surface area contributed by atoms with E-state index in [-0.39, 0.29) is 12.1 Å². The van der Waals surface area contributed by atoms with Crippen LogP contribution in [-0.2, 0) is 0 Å². The third kappa shape index (κ3) is 3.30. The molecule has 2 atom stereocenters. The maximum absolute atomic E-state index is 5.31. The molecule has 0 radical (unpaired) electrons. The van der Waals surface area contributed by atoms with Crippen molar-refractivity contribution in [2.45, 2.75) is 25.9 Å². The fraction of sp³-hybridized carbons (Fsp3) is 0.385. The molecule has 1 rings (SSSR count). The number of terminal acetylenes is 1. The first-order chi connectivity index (χ1) is 7.17. The van der Waals surface area contributed by atoms with Crippen molar-refractivity contribution in [1.29, 1.82) is 0 Å². The Morgan fingerprint density at radius 1 is 1.27 bits per heavy atom. The van der Waals surface area contributed by atoms with E-state index in [9.17, 15) is 0 Å². The summed E-state index contributed by atoms with van der Waals surface area (Å²) in [7, 11) is 1.66. The monoisotopic (exact) mass is 203 g/mol. The summed E-state index contributed by atoms with van der Waals surface area (Å²) in [4.78, 5) is 0. The van der Waals surface area contributed by atoms with Crippen LogP contribution >= 0.6 is 0 Å². The Morgan fingerprint density at radius 2 is 1.87 bits per heavy atom. The lowest BCUT2D eigenvalue weighted by Gasteiger charge is -2.16. The van der Waals surface area contributed by atoms with Crippen molar-refractivity contribution in [3.8, 4) is 18.1 Å². The molecule has 0 bridgehead atoms. The lowest BCUT2D eigenvalue weighted by molar-refractivity contribution is 0.414. The van der Waals surface area contributed by atoms with Crippen LogP contribution in [0.15, 0.2) is 24.3 Å². The smallest absolute Gasteiger partial charge is 0.118 e. The first-order valence-corrected chi connectivity index (χ1v) is 5.03. The highest BCUT2D eigenvalue weighted by Crippen LogP contribution is 2.17. The van der Waals surface area contributed by atoms with Crippen molar-refractivity contribution in [2.75, 3.05) is 7.11 Å². The molecule has 0 amide bonds. The van der Waals surface area contributed by atoms with Crippen LogP contribution in [0, 0.1) is 12.3 Å². The predicted molar refractivity (Wildman–Crippen MR) is 62.8 cm³/mol. The van der Waals surface area contributed by atoms with Gasteiger partial charge < -0.3 is 4.74 Å². The number of hydrogen-bond acceptors (Lipinski definition) is 2. The number of hydrogen-bond donors (Lipinski definition) is 1. The van der Waals surface area contributed by atoms with Gasteiger partial charge in [-0.25, -0.2) is 0 Å². The van der Waals surface area contributed by atoms with Crippen molar-refractivity contribution in [1.82, 2.24) is 5.32 Å². The molecule has 1 aromatic rings. The summed E-state index contributed by atoms with van der Waals surface area (Å²) in [5.74, 6) is 3.52. The minimum Gasteiger partial charge on any atom is -0.497 e. The molecular weight excluding hydrogens is 186 g/mol. The van der Waals surface area contributed by atoms with E-state index in [0.717, 1.165) is 5.75 Å². The highest BCUT2D eigenvalue weighted by Gasteiger charge is 2.07. The zero-order chi connectivity index (χ0) is 11.3. The van der Waals surface area contributed by atoms with Gasteiger partial charge in [0, 0.05) is 6.04 Å². The summed E-state index contributed by atoms with van der Waals surface area (Å²) in [6.07, 6.45) is 5.31. The van der Waals surface area contributed by atoms with Crippen LogP contribution in [0.4, 0.5) is 0 Å². The zero-order valence-corrected chi connectivity index (χ0v) is 9.45. The third-order valence-corrected chi connectivity index (χ3v) is 2.37. The van der Waals surface area contributed by atoms with Gasteiger partial charge in [0.05, 0.1) is 13.2 Å². The fourth-order valence-corrected chi connectivity index (χ4v) is 1.41. The minimum atomic E-state index is 0.0853. The van der Waals surface area contributed by atoms with Gasteiger partial charge in [-0.05, 0) is 31.5 Å². The number of benzene rings is 1. The zero-order valence-electron chi connectivity index (χ0n) is 9.45. The fourth-order valence-electron chi connectivity index (χ4n) is 1.41. The molecule has 0 aromatic heterocycles. The van der Waals surface area contributed by atoms with Crippen LogP contribution in [0.2, 0.25) is 0 Å². The SMILES string of the molecule is C#CC(C)NC(C)c1ccc(OC)cc1. The molecule has 0 aliphatic heterocycles. The second kappa shape index (κ2) is 5.43. The Bertz CT molecular complexity index is 337. The molecule has 0 spiro atoms. The lowest BCUT2D eigenvalue weighted by atomic mass is 10.1. The van der Waals surface area contributed by atoms with Crippen LogP contribution in [0.25, 0.3) is 0 Å². The van der Waals surface area contributed by atoms with Gasteiger partial charge >= 0.3 is 0 Å².